The molecule has 0 spiro atoms. The Labute approximate surface area is 138 Å². The van der Waals surface area contributed by atoms with E-state index in [0.29, 0.717) is 12.8 Å². The summed E-state index contributed by atoms with van der Waals surface area (Å²) >= 11 is 0. The summed E-state index contributed by atoms with van der Waals surface area (Å²) in [7, 11) is 0. The van der Waals surface area contributed by atoms with Gasteiger partial charge in [-0.2, -0.15) is 0 Å². The van der Waals surface area contributed by atoms with Crippen LogP contribution in [0.3, 0.4) is 0 Å². The van der Waals surface area contributed by atoms with Crippen molar-refractivity contribution < 1.29 is 8.78 Å². The SMILES string of the molecule is CCCCC1=NC2C(=C1)C=C(C)C=C2C1CCCC(F)(F)CC1. The monoisotopic (exact) mass is 319 g/mol. The fraction of sp³-hybridized carbons (Fsp3) is 0.650. The van der Waals surface area contributed by atoms with Crippen LogP contribution in [0.1, 0.15) is 65.2 Å². The molecular formula is C20H27F2N. The third-order valence-corrected chi connectivity index (χ3v) is 5.26. The Balaban J connectivity index is 1.80. The van der Waals surface area contributed by atoms with Crippen molar-refractivity contribution in [2.75, 3.05) is 0 Å². The zero-order valence-electron chi connectivity index (χ0n) is 14.2. The minimum absolute atomic E-state index is 0.0238. The number of nitrogens with zero attached hydrogens (tertiary/aromatic N) is 1. The third kappa shape index (κ3) is 3.81. The third-order valence-electron chi connectivity index (χ3n) is 5.26. The molecule has 1 saturated carbocycles. The van der Waals surface area contributed by atoms with Gasteiger partial charge in [-0.15, -0.1) is 0 Å². The Kier molecular flexibility index (Phi) is 4.84. The molecule has 0 bridgehead atoms. The fourth-order valence-corrected chi connectivity index (χ4v) is 4.01. The van der Waals surface area contributed by atoms with Crippen LogP contribution in [-0.4, -0.2) is 17.7 Å². The predicted octanol–water partition coefficient (Wildman–Crippen LogP) is 6.03. The molecule has 1 nitrogen and oxygen atoms in total. The summed E-state index contributed by atoms with van der Waals surface area (Å²) in [6.45, 7) is 4.29. The lowest BCUT2D eigenvalue weighted by Crippen LogP contribution is -2.20. The zero-order valence-corrected chi connectivity index (χ0v) is 14.2. The molecule has 2 aliphatic carbocycles. The lowest BCUT2D eigenvalue weighted by molar-refractivity contribution is -0.0145. The first kappa shape index (κ1) is 16.6. The van der Waals surface area contributed by atoms with E-state index in [2.05, 4.69) is 32.1 Å². The molecule has 3 aliphatic rings. The zero-order chi connectivity index (χ0) is 16.4. The number of hydrogen-bond acceptors (Lipinski definition) is 1. The minimum Gasteiger partial charge on any atom is -0.277 e. The molecule has 3 heteroatoms. The van der Waals surface area contributed by atoms with Crippen LogP contribution in [0.5, 0.6) is 0 Å². The van der Waals surface area contributed by atoms with Gasteiger partial charge < -0.3 is 0 Å². The van der Waals surface area contributed by atoms with Crippen molar-refractivity contribution in [2.24, 2.45) is 10.9 Å². The van der Waals surface area contributed by atoms with E-state index in [4.69, 9.17) is 4.99 Å². The van der Waals surface area contributed by atoms with E-state index in [1.165, 1.54) is 28.9 Å². The molecule has 126 valence electrons. The fourth-order valence-electron chi connectivity index (χ4n) is 4.01. The van der Waals surface area contributed by atoms with E-state index in [1.807, 2.05) is 0 Å². The topological polar surface area (TPSA) is 12.4 Å². The number of halogens is 2. The van der Waals surface area contributed by atoms with Gasteiger partial charge in [0.15, 0.2) is 0 Å². The summed E-state index contributed by atoms with van der Waals surface area (Å²) in [5.41, 5.74) is 4.95. The maximum atomic E-state index is 13.7. The van der Waals surface area contributed by atoms with Gasteiger partial charge in [-0.1, -0.05) is 31.1 Å². The molecule has 1 heterocycles. The highest BCUT2D eigenvalue weighted by Gasteiger charge is 2.36. The second-order valence-corrected chi connectivity index (χ2v) is 7.29. The highest BCUT2D eigenvalue weighted by atomic mass is 19.3. The lowest BCUT2D eigenvalue weighted by Gasteiger charge is -2.27. The first-order valence-electron chi connectivity index (χ1n) is 9.04. The molecule has 0 aromatic heterocycles. The number of allylic oxidation sites excluding steroid dienone is 3. The maximum Gasteiger partial charge on any atom is 0.248 e. The van der Waals surface area contributed by atoms with Gasteiger partial charge in [0.1, 0.15) is 0 Å². The molecule has 1 aliphatic heterocycles. The van der Waals surface area contributed by atoms with Crippen LogP contribution in [0.15, 0.2) is 39.9 Å². The normalized spacial score (nSPS) is 29.9. The van der Waals surface area contributed by atoms with Crippen molar-refractivity contribution >= 4 is 5.71 Å². The van der Waals surface area contributed by atoms with Crippen molar-refractivity contribution in [1.29, 1.82) is 0 Å². The number of hydrogen-bond donors (Lipinski definition) is 0. The van der Waals surface area contributed by atoms with Gasteiger partial charge in [0.05, 0.1) is 6.04 Å². The van der Waals surface area contributed by atoms with Crippen molar-refractivity contribution in [2.45, 2.75) is 77.2 Å². The molecule has 0 saturated heterocycles. The van der Waals surface area contributed by atoms with Gasteiger partial charge in [0.2, 0.25) is 5.92 Å². The van der Waals surface area contributed by atoms with Gasteiger partial charge in [0.25, 0.3) is 0 Å². The highest BCUT2D eigenvalue weighted by Crippen LogP contribution is 2.42. The lowest BCUT2D eigenvalue weighted by atomic mass is 9.80. The molecule has 2 atom stereocenters. The Morgan fingerprint density at radius 3 is 2.78 bits per heavy atom. The van der Waals surface area contributed by atoms with Crippen LogP contribution in [0.4, 0.5) is 8.78 Å². The van der Waals surface area contributed by atoms with Crippen molar-refractivity contribution in [3.8, 4) is 0 Å². The van der Waals surface area contributed by atoms with E-state index < -0.39 is 5.92 Å². The maximum absolute atomic E-state index is 13.7. The largest absolute Gasteiger partial charge is 0.277 e. The van der Waals surface area contributed by atoms with Gasteiger partial charge in [-0.3, -0.25) is 4.99 Å². The molecule has 3 rings (SSSR count). The van der Waals surface area contributed by atoms with E-state index >= 15 is 0 Å². The summed E-state index contributed by atoms with van der Waals surface area (Å²) in [6.07, 6.45) is 12.2. The molecule has 2 unspecified atom stereocenters. The number of unbranched alkanes of at least 4 members (excludes halogenated alkanes) is 1. The van der Waals surface area contributed by atoms with E-state index in [9.17, 15) is 8.78 Å². The summed E-state index contributed by atoms with van der Waals surface area (Å²) in [6, 6.07) is 0.0993. The number of alkyl halides is 2. The van der Waals surface area contributed by atoms with Gasteiger partial charge >= 0.3 is 0 Å². The second kappa shape index (κ2) is 6.70. The Morgan fingerprint density at radius 2 is 2.00 bits per heavy atom. The van der Waals surface area contributed by atoms with Crippen molar-refractivity contribution in [1.82, 2.24) is 0 Å². The van der Waals surface area contributed by atoms with Crippen LogP contribution in [0.25, 0.3) is 0 Å². The molecule has 0 N–H and O–H groups in total. The average molecular weight is 319 g/mol. The second-order valence-electron chi connectivity index (χ2n) is 7.29. The number of fused-ring (bicyclic) bond motifs is 1. The minimum atomic E-state index is -2.47. The van der Waals surface area contributed by atoms with Gasteiger partial charge in [-0.25, -0.2) is 8.78 Å². The summed E-state index contributed by atoms with van der Waals surface area (Å²) in [5.74, 6) is -2.21. The summed E-state index contributed by atoms with van der Waals surface area (Å²) in [4.78, 5) is 4.93. The molecule has 23 heavy (non-hydrogen) atoms. The first-order valence-corrected chi connectivity index (χ1v) is 9.04. The van der Waals surface area contributed by atoms with Crippen molar-refractivity contribution in [3.63, 3.8) is 0 Å². The van der Waals surface area contributed by atoms with E-state index in [-0.39, 0.29) is 24.8 Å². The predicted molar refractivity (Wildman–Crippen MR) is 92.2 cm³/mol. The average Bonchev–Trinajstić information content (AvgIpc) is 2.81. The van der Waals surface area contributed by atoms with Crippen LogP contribution >= 0.6 is 0 Å². The first-order chi connectivity index (χ1) is 11.0. The smallest absolute Gasteiger partial charge is 0.248 e. The Bertz CT molecular complexity index is 580. The van der Waals surface area contributed by atoms with E-state index in [0.717, 1.165) is 19.3 Å². The van der Waals surface area contributed by atoms with Gasteiger partial charge in [0, 0.05) is 18.6 Å². The molecule has 0 aromatic rings. The van der Waals surface area contributed by atoms with E-state index in [1.54, 1.807) is 0 Å². The van der Waals surface area contributed by atoms with Crippen LogP contribution in [0, 0.1) is 5.92 Å². The molecule has 0 aromatic carbocycles. The number of rotatable bonds is 4. The summed E-state index contributed by atoms with van der Waals surface area (Å²) < 4.78 is 27.4. The molecular weight excluding hydrogens is 292 g/mol. The summed E-state index contributed by atoms with van der Waals surface area (Å²) in [5, 5.41) is 0. The standard InChI is InChI=1S/C20H27F2N/c1-3-4-7-17-13-16-11-14(2)12-18(19(16)23-17)15-6-5-9-20(21,22)10-8-15/h11-13,15,19H,3-10H2,1-2H3. The van der Waals surface area contributed by atoms with Crippen LogP contribution < -0.4 is 0 Å². The quantitative estimate of drug-likeness (QED) is 0.561. The molecule has 1 fully saturated rings. The van der Waals surface area contributed by atoms with Crippen molar-refractivity contribution in [3.05, 3.63) is 34.9 Å². The molecule has 0 radical (unpaired) electrons. The van der Waals surface area contributed by atoms with Gasteiger partial charge in [-0.05, 0) is 62.2 Å². The highest BCUT2D eigenvalue weighted by molar-refractivity contribution is 5.99. The Morgan fingerprint density at radius 1 is 1.17 bits per heavy atom. The van der Waals surface area contributed by atoms with Crippen LogP contribution in [0.2, 0.25) is 0 Å². The number of aliphatic imine (C=N–C) groups is 1. The molecule has 0 amide bonds. The van der Waals surface area contributed by atoms with Crippen LogP contribution in [-0.2, 0) is 0 Å². The Hall–Kier alpha value is -1.25.